The molecule has 1 N–H and O–H groups in total. The molecule has 0 aromatic carbocycles. The van der Waals surface area contributed by atoms with Gasteiger partial charge in [-0.05, 0) is 51.1 Å². The Morgan fingerprint density at radius 1 is 1.00 bits per heavy atom. The maximum absolute atomic E-state index is 10.8. The standard InChI is InChI=1S/C16H33NO/c1-5-14(6-2)13-15(18)16(7-3,8-4)17-11-9-10-12-17/h14-15,18H,5-13H2,1-4H3. The second-order valence-corrected chi connectivity index (χ2v) is 5.94. The first-order chi connectivity index (χ1) is 8.64. The van der Waals surface area contributed by atoms with E-state index in [1.165, 1.54) is 38.8 Å². The Labute approximate surface area is 114 Å². The molecule has 0 aromatic heterocycles. The molecule has 1 saturated heterocycles. The molecule has 1 fully saturated rings. The minimum Gasteiger partial charge on any atom is -0.391 e. The van der Waals surface area contributed by atoms with E-state index in [4.69, 9.17) is 0 Å². The third-order valence-corrected chi connectivity index (χ3v) is 5.29. The molecule has 1 aliphatic heterocycles. The average Bonchev–Trinajstić information content (AvgIpc) is 2.92. The van der Waals surface area contributed by atoms with E-state index in [1.54, 1.807) is 0 Å². The summed E-state index contributed by atoms with van der Waals surface area (Å²) in [5, 5.41) is 10.8. The highest BCUT2D eigenvalue weighted by atomic mass is 16.3. The molecule has 0 amide bonds. The van der Waals surface area contributed by atoms with Crippen molar-refractivity contribution in [1.29, 1.82) is 0 Å². The smallest absolute Gasteiger partial charge is 0.0726 e. The lowest BCUT2D eigenvalue weighted by atomic mass is 9.79. The molecule has 1 rings (SSSR count). The lowest BCUT2D eigenvalue weighted by Crippen LogP contribution is -2.55. The molecule has 2 heteroatoms. The quantitative estimate of drug-likeness (QED) is 0.712. The van der Waals surface area contributed by atoms with E-state index >= 15 is 0 Å². The molecule has 0 radical (unpaired) electrons. The second kappa shape index (κ2) is 7.49. The van der Waals surface area contributed by atoms with Gasteiger partial charge in [-0.2, -0.15) is 0 Å². The fourth-order valence-electron chi connectivity index (χ4n) is 3.70. The number of aliphatic hydroxyl groups excluding tert-OH is 1. The average molecular weight is 255 g/mol. The van der Waals surface area contributed by atoms with Crippen LogP contribution in [-0.2, 0) is 0 Å². The first-order valence-corrected chi connectivity index (χ1v) is 8.07. The summed E-state index contributed by atoms with van der Waals surface area (Å²) >= 11 is 0. The predicted octanol–water partition coefficient (Wildman–Crippen LogP) is 3.83. The Hall–Kier alpha value is -0.0800. The highest BCUT2D eigenvalue weighted by Crippen LogP contribution is 2.34. The van der Waals surface area contributed by atoms with E-state index in [9.17, 15) is 5.11 Å². The highest BCUT2D eigenvalue weighted by Gasteiger charge is 2.41. The fourth-order valence-corrected chi connectivity index (χ4v) is 3.70. The van der Waals surface area contributed by atoms with Crippen molar-refractivity contribution in [2.24, 2.45) is 5.92 Å². The van der Waals surface area contributed by atoms with Crippen LogP contribution >= 0.6 is 0 Å². The van der Waals surface area contributed by atoms with Gasteiger partial charge in [-0.25, -0.2) is 0 Å². The van der Waals surface area contributed by atoms with Gasteiger partial charge in [0, 0.05) is 5.54 Å². The molecule has 0 aromatic rings. The van der Waals surface area contributed by atoms with E-state index in [2.05, 4.69) is 32.6 Å². The zero-order valence-corrected chi connectivity index (χ0v) is 12.9. The molecule has 0 saturated carbocycles. The predicted molar refractivity (Wildman–Crippen MR) is 78.8 cm³/mol. The van der Waals surface area contributed by atoms with Crippen LogP contribution in [0.4, 0.5) is 0 Å². The molecule has 1 heterocycles. The number of hydrogen-bond acceptors (Lipinski definition) is 2. The number of nitrogens with zero attached hydrogens (tertiary/aromatic N) is 1. The molecule has 1 aliphatic rings. The summed E-state index contributed by atoms with van der Waals surface area (Å²) in [6.45, 7) is 11.4. The van der Waals surface area contributed by atoms with Gasteiger partial charge in [-0.1, -0.05) is 40.5 Å². The Morgan fingerprint density at radius 3 is 1.89 bits per heavy atom. The van der Waals surface area contributed by atoms with Crippen molar-refractivity contribution in [3.8, 4) is 0 Å². The number of likely N-dealkylation sites (tertiary alicyclic amines) is 1. The Morgan fingerprint density at radius 2 is 1.50 bits per heavy atom. The van der Waals surface area contributed by atoms with Crippen molar-refractivity contribution >= 4 is 0 Å². The van der Waals surface area contributed by atoms with Crippen LogP contribution in [0.5, 0.6) is 0 Å². The van der Waals surface area contributed by atoms with Gasteiger partial charge in [-0.3, -0.25) is 4.90 Å². The molecule has 0 aliphatic carbocycles. The van der Waals surface area contributed by atoms with Crippen LogP contribution in [0.3, 0.4) is 0 Å². The van der Waals surface area contributed by atoms with Gasteiger partial charge in [0.25, 0.3) is 0 Å². The molecule has 108 valence electrons. The SMILES string of the molecule is CCC(CC)CC(O)C(CC)(CC)N1CCCC1. The van der Waals surface area contributed by atoms with Crippen molar-refractivity contribution in [3.05, 3.63) is 0 Å². The Kier molecular flexibility index (Phi) is 6.65. The van der Waals surface area contributed by atoms with Gasteiger partial charge in [0.15, 0.2) is 0 Å². The molecular formula is C16H33NO. The van der Waals surface area contributed by atoms with Crippen LogP contribution in [-0.4, -0.2) is 34.7 Å². The van der Waals surface area contributed by atoms with Crippen LogP contribution in [0.15, 0.2) is 0 Å². The summed E-state index contributed by atoms with van der Waals surface area (Å²) in [4.78, 5) is 2.57. The second-order valence-electron chi connectivity index (χ2n) is 5.94. The lowest BCUT2D eigenvalue weighted by Gasteiger charge is -2.45. The lowest BCUT2D eigenvalue weighted by molar-refractivity contribution is -0.0397. The van der Waals surface area contributed by atoms with Crippen molar-refractivity contribution in [1.82, 2.24) is 4.90 Å². The first-order valence-electron chi connectivity index (χ1n) is 8.07. The van der Waals surface area contributed by atoms with E-state index in [1.807, 2.05) is 0 Å². The highest BCUT2D eigenvalue weighted by molar-refractivity contribution is 4.97. The monoisotopic (exact) mass is 255 g/mol. The van der Waals surface area contributed by atoms with Crippen LogP contribution in [0.1, 0.15) is 72.6 Å². The maximum Gasteiger partial charge on any atom is 0.0726 e. The largest absolute Gasteiger partial charge is 0.391 e. The van der Waals surface area contributed by atoms with Gasteiger partial charge in [0.1, 0.15) is 0 Å². The van der Waals surface area contributed by atoms with Crippen LogP contribution in [0.2, 0.25) is 0 Å². The normalized spacial score (nSPS) is 19.7. The van der Waals surface area contributed by atoms with Crippen LogP contribution < -0.4 is 0 Å². The summed E-state index contributed by atoms with van der Waals surface area (Å²) in [5.41, 5.74) is 0.0408. The molecule has 1 unspecified atom stereocenters. The molecule has 2 nitrogen and oxygen atoms in total. The van der Waals surface area contributed by atoms with Gasteiger partial charge in [0.05, 0.1) is 6.10 Å². The van der Waals surface area contributed by atoms with Gasteiger partial charge in [0.2, 0.25) is 0 Å². The summed E-state index contributed by atoms with van der Waals surface area (Å²) in [6.07, 6.45) is 7.96. The van der Waals surface area contributed by atoms with Gasteiger partial charge in [-0.15, -0.1) is 0 Å². The van der Waals surface area contributed by atoms with Crippen molar-refractivity contribution in [2.75, 3.05) is 13.1 Å². The fraction of sp³-hybridized carbons (Fsp3) is 1.00. The minimum atomic E-state index is -0.157. The summed E-state index contributed by atoms with van der Waals surface area (Å²) in [5.74, 6) is 0.681. The minimum absolute atomic E-state index is 0.0408. The van der Waals surface area contributed by atoms with E-state index in [0.29, 0.717) is 5.92 Å². The van der Waals surface area contributed by atoms with Gasteiger partial charge >= 0.3 is 0 Å². The number of rotatable bonds is 8. The van der Waals surface area contributed by atoms with Crippen molar-refractivity contribution < 1.29 is 5.11 Å². The summed E-state index contributed by atoms with van der Waals surface area (Å²) in [7, 11) is 0. The Bertz CT molecular complexity index is 215. The van der Waals surface area contributed by atoms with Gasteiger partial charge < -0.3 is 5.11 Å². The third-order valence-electron chi connectivity index (χ3n) is 5.29. The third kappa shape index (κ3) is 3.27. The molecular weight excluding hydrogens is 222 g/mol. The summed E-state index contributed by atoms with van der Waals surface area (Å²) < 4.78 is 0. The summed E-state index contributed by atoms with van der Waals surface area (Å²) in [6, 6.07) is 0. The first kappa shape index (κ1) is 16.0. The zero-order valence-electron chi connectivity index (χ0n) is 12.9. The molecule has 1 atom stereocenters. The van der Waals surface area contributed by atoms with Crippen molar-refractivity contribution in [2.45, 2.75) is 84.3 Å². The Balaban J connectivity index is 2.75. The molecule has 0 spiro atoms. The van der Waals surface area contributed by atoms with E-state index in [-0.39, 0.29) is 11.6 Å². The van der Waals surface area contributed by atoms with Crippen LogP contribution in [0, 0.1) is 5.92 Å². The zero-order chi connectivity index (χ0) is 13.6. The molecule has 0 bridgehead atoms. The van der Waals surface area contributed by atoms with Crippen molar-refractivity contribution in [3.63, 3.8) is 0 Å². The molecule has 18 heavy (non-hydrogen) atoms. The maximum atomic E-state index is 10.8. The number of aliphatic hydroxyl groups is 1. The topological polar surface area (TPSA) is 23.5 Å². The van der Waals surface area contributed by atoms with E-state index in [0.717, 1.165) is 19.3 Å². The number of hydrogen-bond donors (Lipinski definition) is 1. The van der Waals surface area contributed by atoms with E-state index < -0.39 is 0 Å². The van der Waals surface area contributed by atoms with Crippen LogP contribution in [0.25, 0.3) is 0 Å².